The van der Waals surface area contributed by atoms with Crippen molar-refractivity contribution in [1.29, 1.82) is 0 Å². The normalized spacial score (nSPS) is 12.5. The number of benzene rings is 2. The van der Waals surface area contributed by atoms with Gasteiger partial charge in [-0.2, -0.15) is 0 Å². The molecule has 0 saturated carbocycles. The van der Waals surface area contributed by atoms with Crippen LogP contribution in [0, 0.1) is 0 Å². The molecular formula is C17H16ClN3. The minimum absolute atomic E-state index is 0.00370. The maximum absolute atomic E-state index is 6.25. The summed E-state index contributed by atoms with van der Waals surface area (Å²) < 4.78 is 0. The molecule has 1 atom stereocenters. The van der Waals surface area contributed by atoms with Gasteiger partial charge in [0, 0.05) is 22.8 Å². The molecule has 1 aromatic heterocycles. The minimum Gasteiger partial charge on any atom is -0.271 e. The smallest absolute Gasteiger partial charge is 0.0506 e. The molecule has 3 nitrogen and oxygen atoms in total. The Labute approximate surface area is 128 Å². The van der Waals surface area contributed by atoms with Crippen molar-refractivity contribution in [2.45, 2.75) is 12.5 Å². The first-order chi connectivity index (χ1) is 10.3. The zero-order chi connectivity index (χ0) is 14.7. The molecular weight excluding hydrogens is 282 g/mol. The van der Waals surface area contributed by atoms with E-state index in [0.717, 1.165) is 33.3 Å². The van der Waals surface area contributed by atoms with Crippen LogP contribution < -0.4 is 11.3 Å². The molecule has 3 rings (SSSR count). The molecule has 0 bridgehead atoms. The van der Waals surface area contributed by atoms with E-state index in [4.69, 9.17) is 17.4 Å². The summed E-state index contributed by atoms with van der Waals surface area (Å²) in [5, 5.41) is 3.02. The average Bonchev–Trinajstić information content (AvgIpc) is 2.54. The molecule has 0 radical (unpaired) electrons. The number of halogens is 1. The molecule has 0 saturated heterocycles. The highest BCUT2D eigenvalue weighted by Crippen LogP contribution is 2.27. The number of fused-ring (bicyclic) bond motifs is 1. The van der Waals surface area contributed by atoms with Crippen molar-refractivity contribution in [2.75, 3.05) is 0 Å². The van der Waals surface area contributed by atoms with Crippen LogP contribution in [0.15, 0.2) is 60.9 Å². The first-order valence-electron chi connectivity index (χ1n) is 6.82. The number of nitrogens with two attached hydrogens (primary N) is 1. The van der Waals surface area contributed by atoms with E-state index in [9.17, 15) is 0 Å². The number of nitrogens with zero attached hydrogens (tertiary/aromatic N) is 1. The lowest BCUT2D eigenvalue weighted by molar-refractivity contribution is 0.555. The maximum Gasteiger partial charge on any atom is 0.0506 e. The first kappa shape index (κ1) is 14.0. The van der Waals surface area contributed by atoms with Crippen LogP contribution >= 0.6 is 11.6 Å². The van der Waals surface area contributed by atoms with Gasteiger partial charge in [0.15, 0.2) is 0 Å². The van der Waals surface area contributed by atoms with Crippen LogP contribution in [-0.2, 0) is 6.42 Å². The van der Waals surface area contributed by atoms with E-state index in [1.54, 1.807) is 6.20 Å². The zero-order valence-electron chi connectivity index (χ0n) is 11.5. The van der Waals surface area contributed by atoms with E-state index in [1.165, 1.54) is 0 Å². The Balaban J connectivity index is 2.01. The predicted molar refractivity (Wildman–Crippen MR) is 87.0 cm³/mol. The fraction of sp³-hybridized carbons (Fsp3) is 0.118. The number of nitrogens with one attached hydrogen (secondary N) is 1. The van der Waals surface area contributed by atoms with Gasteiger partial charge in [-0.15, -0.1) is 0 Å². The molecule has 2 aromatic carbocycles. The van der Waals surface area contributed by atoms with Gasteiger partial charge in [0.1, 0.15) is 0 Å². The summed E-state index contributed by atoms with van der Waals surface area (Å²) in [6.07, 6.45) is 4.40. The van der Waals surface area contributed by atoms with Crippen molar-refractivity contribution in [2.24, 2.45) is 5.84 Å². The van der Waals surface area contributed by atoms with E-state index in [-0.39, 0.29) is 6.04 Å². The summed E-state index contributed by atoms with van der Waals surface area (Å²) in [5.41, 5.74) is 5.13. The highest BCUT2D eigenvalue weighted by molar-refractivity contribution is 6.31. The van der Waals surface area contributed by atoms with E-state index in [0.29, 0.717) is 0 Å². The molecule has 21 heavy (non-hydrogen) atoms. The highest BCUT2D eigenvalue weighted by Gasteiger charge is 2.14. The summed E-state index contributed by atoms with van der Waals surface area (Å²) in [7, 11) is 0. The molecule has 0 fully saturated rings. The quantitative estimate of drug-likeness (QED) is 0.571. The number of rotatable bonds is 4. The second-order valence-electron chi connectivity index (χ2n) is 4.96. The summed E-state index contributed by atoms with van der Waals surface area (Å²) in [6, 6.07) is 16.0. The lowest BCUT2D eigenvalue weighted by Gasteiger charge is -2.19. The molecule has 1 unspecified atom stereocenters. The Hall–Kier alpha value is -1.94. The second-order valence-corrected chi connectivity index (χ2v) is 5.37. The average molecular weight is 298 g/mol. The first-order valence-corrected chi connectivity index (χ1v) is 7.19. The number of hydrogen-bond acceptors (Lipinski definition) is 3. The van der Waals surface area contributed by atoms with Crippen LogP contribution in [0.1, 0.15) is 17.2 Å². The SMILES string of the molecule is NNC(Cc1ccccc1Cl)c1cccc2cnccc12. The van der Waals surface area contributed by atoms with Crippen molar-refractivity contribution < 1.29 is 0 Å². The topological polar surface area (TPSA) is 50.9 Å². The van der Waals surface area contributed by atoms with E-state index >= 15 is 0 Å². The fourth-order valence-corrected chi connectivity index (χ4v) is 2.81. The van der Waals surface area contributed by atoms with E-state index < -0.39 is 0 Å². The van der Waals surface area contributed by atoms with Gasteiger partial charge in [-0.05, 0) is 35.1 Å². The van der Waals surface area contributed by atoms with Crippen molar-refractivity contribution in [3.8, 4) is 0 Å². The number of hydrazine groups is 1. The fourth-order valence-electron chi connectivity index (χ4n) is 2.59. The van der Waals surface area contributed by atoms with Crippen LogP contribution in [0.3, 0.4) is 0 Å². The van der Waals surface area contributed by atoms with Crippen LogP contribution in [-0.4, -0.2) is 4.98 Å². The Morgan fingerprint density at radius 2 is 1.95 bits per heavy atom. The number of pyridine rings is 1. The van der Waals surface area contributed by atoms with Gasteiger partial charge in [0.25, 0.3) is 0 Å². The zero-order valence-corrected chi connectivity index (χ0v) is 12.2. The summed E-state index contributed by atoms with van der Waals surface area (Å²) in [6.45, 7) is 0. The molecule has 1 heterocycles. The largest absolute Gasteiger partial charge is 0.271 e. The monoisotopic (exact) mass is 297 g/mol. The molecule has 4 heteroatoms. The molecule has 0 spiro atoms. The minimum atomic E-state index is -0.00370. The number of hydrogen-bond donors (Lipinski definition) is 2. The molecule has 3 N–H and O–H groups in total. The van der Waals surface area contributed by atoms with Gasteiger partial charge < -0.3 is 0 Å². The summed E-state index contributed by atoms with van der Waals surface area (Å²) in [5.74, 6) is 5.79. The molecule has 0 aliphatic heterocycles. The Morgan fingerprint density at radius 1 is 1.10 bits per heavy atom. The Kier molecular flexibility index (Phi) is 4.15. The van der Waals surface area contributed by atoms with Gasteiger partial charge in [0.05, 0.1) is 6.04 Å². The molecule has 0 aliphatic carbocycles. The van der Waals surface area contributed by atoms with Gasteiger partial charge in [-0.25, -0.2) is 0 Å². The number of aromatic nitrogens is 1. The van der Waals surface area contributed by atoms with Crippen LogP contribution in [0.4, 0.5) is 0 Å². The van der Waals surface area contributed by atoms with Crippen LogP contribution in [0.25, 0.3) is 10.8 Å². The van der Waals surface area contributed by atoms with Gasteiger partial charge in [-0.1, -0.05) is 48.0 Å². The predicted octanol–water partition coefficient (Wildman–Crippen LogP) is 3.64. The molecule has 0 amide bonds. The Morgan fingerprint density at radius 3 is 2.76 bits per heavy atom. The highest BCUT2D eigenvalue weighted by atomic mass is 35.5. The third kappa shape index (κ3) is 2.90. The molecule has 0 aliphatic rings. The van der Waals surface area contributed by atoms with Gasteiger partial charge in [0.2, 0.25) is 0 Å². The van der Waals surface area contributed by atoms with Gasteiger partial charge in [-0.3, -0.25) is 16.3 Å². The summed E-state index contributed by atoms with van der Waals surface area (Å²) in [4.78, 5) is 4.16. The third-order valence-electron chi connectivity index (χ3n) is 3.67. The van der Waals surface area contributed by atoms with Crippen LogP contribution in [0.2, 0.25) is 5.02 Å². The lowest BCUT2D eigenvalue weighted by Crippen LogP contribution is -2.29. The molecule has 3 aromatic rings. The van der Waals surface area contributed by atoms with E-state index in [1.807, 2.05) is 42.6 Å². The Bertz CT molecular complexity index is 752. The van der Waals surface area contributed by atoms with Crippen molar-refractivity contribution in [3.05, 3.63) is 77.1 Å². The second kappa shape index (κ2) is 6.22. The molecule has 106 valence electrons. The maximum atomic E-state index is 6.25. The van der Waals surface area contributed by atoms with Crippen molar-refractivity contribution in [3.63, 3.8) is 0 Å². The van der Waals surface area contributed by atoms with Crippen LogP contribution in [0.5, 0.6) is 0 Å². The van der Waals surface area contributed by atoms with Gasteiger partial charge >= 0.3 is 0 Å². The van der Waals surface area contributed by atoms with Crippen molar-refractivity contribution >= 4 is 22.4 Å². The standard InChI is InChI=1S/C17H16ClN3/c18-16-7-2-1-4-12(16)10-17(21-19)15-6-3-5-13-11-20-9-8-14(13)15/h1-9,11,17,21H,10,19H2. The van der Waals surface area contributed by atoms with Crippen molar-refractivity contribution in [1.82, 2.24) is 10.4 Å². The summed E-state index contributed by atoms with van der Waals surface area (Å²) >= 11 is 6.25. The van der Waals surface area contributed by atoms with E-state index in [2.05, 4.69) is 22.5 Å². The third-order valence-corrected chi connectivity index (χ3v) is 4.04. The lowest BCUT2D eigenvalue weighted by atomic mass is 9.95.